The van der Waals surface area contributed by atoms with Crippen molar-refractivity contribution in [1.29, 1.82) is 0 Å². The molecule has 2 aromatic carbocycles. The van der Waals surface area contributed by atoms with Crippen molar-refractivity contribution in [3.8, 4) is 0 Å². The number of carbonyl (C=O) groups is 1. The molecule has 1 amide bonds. The lowest BCUT2D eigenvalue weighted by molar-refractivity contribution is -0.131. The van der Waals surface area contributed by atoms with E-state index in [4.69, 9.17) is 16.4 Å². The first kappa shape index (κ1) is 15.7. The summed E-state index contributed by atoms with van der Waals surface area (Å²) in [5.74, 6) is 0.572. The summed E-state index contributed by atoms with van der Waals surface area (Å²) < 4.78 is 0. The molecule has 132 valence electrons. The fourth-order valence-electron chi connectivity index (χ4n) is 4.42. The second kappa shape index (κ2) is 5.48. The minimum Gasteiger partial charge on any atom is -0.364 e. The number of carbonyl (C=O) groups excluding carboxylic acids is 1. The molecule has 3 aliphatic rings. The molecule has 5 rings (SSSR count). The number of para-hydroxylation sites is 2. The van der Waals surface area contributed by atoms with Crippen LogP contribution < -0.4 is 9.80 Å². The molecular weight excluding hydrogens is 350 g/mol. The van der Waals surface area contributed by atoms with Crippen molar-refractivity contribution in [1.82, 2.24) is 0 Å². The topological polar surface area (TPSA) is 45.1 Å². The molecule has 0 unspecified atom stereocenters. The number of anilines is 2. The van der Waals surface area contributed by atoms with Crippen molar-refractivity contribution in [3.63, 3.8) is 0 Å². The zero-order valence-corrected chi connectivity index (χ0v) is 15.1. The summed E-state index contributed by atoms with van der Waals surface area (Å²) in [4.78, 5) is 23.1. The molecule has 1 fully saturated rings. The minimum atomic E-state index is -0.743. The highest BCUT2D eigenvalue weighted by Crippen LogP contribution is 2.52. The third-order valence-electron chi connectivity index (χ3n) is 5.67. The number of hydrogen-bond donors (Lipinski definition) is 0. The van der Waals surface area contributed by atoms with Crippen LogP contribution in [0.5, 0.6) is 0 Å². The Bertz CT molecular complexity index is 927. The number of nitrogens with zero attached hydrogens (tertiary/aromatic N) is 3. The number of benzene rings is 2. The van der Waals surface area contributed by atoms with E-state index in [0.717, 1.165) is 42.0 Å². The highest BCUT2D eigenvalue weighted by Gasteiger charge is 2.60. The van der Waals surface area contributed by atoms with E-state index in [1.807, 2.05) is 55.6 Å². The summed E-state index contributed by atoms with van der Waals surface area (Å²) >= 11 is 6.05. The molecule has 0 aromatic heterocycles. The molecule has 0 radical (unpaired) electrons. The summed E-state index contributed by atoms with van der Waals surface area (Å²) in [6.45, 7) is 0. The average molecular weight is 368 g/mol. The van der Waals surface area contributed by atoms with Gasteiger partial charge in [0, 0.05) is 24.1 Å². The van der Waals surface area contributed by atoms with Crippen LogP contribution in [0.15, 0.2) is 53.7 Å². The molecule has 0 N–H and O–H groups in total. The summed E-state index contributed by atoms with van der Waals surface area (Å²) in [5.41, 5.74) is 1.99. The smallest absolute Gasteiger partial charge is 0.236 e. The number of hydrogen-bond acceptors (Lipinski definition) is 4. The van der Waals surface area contributed by atoms with E-state index in [1.165, 1.54) is 0 Å². The Hall–Kier alpha value is -2.53. The number of fused-ring (bicyclic) bond motifs is 2. The van der Waals surface area contributed by atoms with Crippen LogP contribution in [-0.4, -0.2) is 24.5 Å². The van der Waals surface area contributed by atoms with Crippen LogP contribution in [-0.2, 0) is 9.63 Å². The minimum absolute atomic E-state index is 0.0880. The van der Waals surface area contributed by atoms with Crippen molar-refractivity contribution >= 4 is 34.7 Å². The molecule has 1 saturated carbocycles. The van der Waals surface area contributed by atoms with Crippen molar-refractivity contribution in [2.45, 2.75) is 25.0 Å². The fourth-order valence-corrected chi connectivity index (χ4v) is 4.55. The second-order valence-corrected chi connectivity index (χ2v) is 7.46. The molecular formula is C20H18ClN3O2. The Balaban J connectivity index is 1.73. The third-order valence-corrected chi connectivity index (χ3v) is 5.92. The van der Waals surface area contributed by atoms with Gasteiger partial charge in [0.1, 0.15) is 5.92 Å². The Kier molecular flexibility index (Phi) is 3.31. The van der Waals surface area contributed by atoms with Gasteiger partial charge >= 0.3 is 0 Å². The fraction of sp³-hybridized carbons (Fsp3) is 0.300. The number of oxime groups is 1. The van der Waals surface area contributed by atoms with Gasteiger partial charge in [-0.2, -0.15) is 0 Å². The lowest BCUT2D eigenvalue weighted by Crippen LogP contribution is -2.53. The van der Waals surface area contributed by atoms with E-state index in [-0.39, 0.29) is 11.8 Å². The quantitative estimate of drug-likeness (QED) is 0.765. The highest BCUT2D eigenvalue weighted by molar-refractivity contribution is 6.30. The van der Waals surface area contributed by atoms with Crippen molar-refractivity contribution in [3.05, 3.63) is 59.1 Å². The van der Waals surface area contributed by atoms with Crippen LogP contribution in [0.25, 0.3) is 0 Å². The summed E-state index contributed by atoms with van der Waals surface area (Å²) in [6.07, 6.45) is 2.51. The van der Waals surface area contributed by atoms with Crippen LogP contribution in [0.1, 0.15) is 24.8 Å². The van der Waals surface area contributed by atoms with E-state index >= 15 is 0 Å². The summed E-state index contributed by atoms with van der Waals surface area (Å²) in [7, 11) is 1.84. The van der Waals surface area contributed by atoms with E-state index < -0.39 is 5.72 Å². The van der Waals surface area contributed by atoms with E-state index in [1.54, 1.807) is 4.90 Å². The lowest BCUT2D eigenvalue weighted by Gasteiger charge is -2.36. The van der Waals surface area contributed by atoms with E-state index in [2.05, 4.69) is 10.1 Å². The lowest BCUT2D eigenvalue weighted by atomic mass is 9.96. The highest BCUT2D eigenvalue weighted by atomic mass is 35.5. The van der Waals surface area contributed by atoms with Crippen LogP contribution in [0.4, 0.5) is 11.4 Å². The van der Waals surface area contributed by atoms with Crippen molar-refractivity contribution in [2.75, 3.05) is 16.8 Å². The molecule has 5 nitrogen and oxygen atoms in total. The van der Waals surface area contributed by atoms with Crippen LogP contribution in [0.3, 0.4) is 0 Å². The normalized spacial score (nSPS) is 26.6. The van der Waals surface area contributed by atoms with Crippen LogP contribution in [0.2, 0.25) is 5.02 Å². The van der Waals surface area contributed by atoms with E-state index in [0.29, 0.717) is 5.02 Å². The SMILES string of the molecule is CN1C(=O)[C@H]2CCC[C@]23ON=C(c2ccc(Cl)cc2)N3c2ccccc21. The average Bonchev–Trinajstić information content (AvgIpc) is 3.24. The van der Waals surface area contributed by atoms with E-state index in [9.17, 15) is 4.79 Å². The largest absolute Gasteiger partial charge is 0.364 e. The molecule has 1 aliphatic carbocycles. The van der Waals surface area contributed by atoms with Gasteiger partial charge in [-0.15, -0.1) is 0 Å². The predicted octanol–water partition coefficient (Wildman–Crippen LogP) is 4.01. The van der Waals surface area contributed by atoms with Crippen molar-refractivity contribution in [2.24, 2.45) is 11.1 Å². The van der Waals surface area contributed by atoms with Gasteiger partial charge in [0.15, 0.2) is 5.84 Å². The molecule has 2 heterocycles. The Morgan fingerprint density at radius 1 is 1.15 bits per heavy atom. The zero-order valence-electron chi connectivity index (χ0n) is 14.4. The van der Waals surface area contributed by atoms with Gasteiger partial charge in [0.2, 0.25) is 11.6 Å². The third kappa shape index (κ3) is 1.98. The molecule has 1 spiro atoms. The number of amidine groups is 1. The summed E-state index contributed by atoms with van der Waals surface area (Å²) in [5, 5.41) is 5.12. The first-order valence-corrected chi connectivity index (χ1v) is 9.18. The molecule has 0 bridgehead atoms. The van der Waals surface area contributed by atoms with Crippen molar-refractivity contribution < 1.29 is 9.63 Å². The Morgan fingerprint density at radius 3 is 2.65 bits per heavy atom. The number of amides is 1. The van der Waals surface area contributed by atoms with Gasteiger partial charge in [-0.25, -0.2) is 0 Å². The van der Waals surface area contributed by atoms with Gasteiger partial charge in [-0.05, 0) is 49.2 Å². The van der Waals surface area contributed by atoms with Gasteiger partial charge in [0.05, 0.1) is 11.4 Å². The van der Waals surface area contributed by atoms with Gasteiger partial charge in [-0.3, -0.25) is 9.69 Å². The van der Waals surface area contributed by atoms with Crippen LogP contribution >= 0.6 is 11.6 Å². The molecule has 2 atom stereocenters. The summed E-state index contributed by atoms with van der Waals surface area (Å²) in [6, 6.07) is 15.5. The predicted molar refractivity (Wildman–Crippen MR) is 101 cm³/mol. The Labute approximate surface area is 156 Å². The maximum absolute atomic E-state index is 13.2. The monoisotopic (exact) mass is 367 g/mol. The number of halogens is 1. The standard InChI is InChI=1S/C20H18ClN3O2/c1-23-16-6-2-3-7-17(16)24-18(13-8-10-14(21)11-9-13)22-26-20(24)12-4-5-15(20)19(23)25/h2-3,6-11,15H,4-5,12H2,1H3/t15-,20+/m1/s1. The first-order valence-electron chi connectivity index (χ1n) is 8.81. The molecule has 26 heavy (non-hydrogen) atoms. The molecule has 6 heteroatoms. The molecule has 0 saturated heterocycles. The van der Waals surface area contributed by atoms with Gasteiger partial charge in [0.25, 0.3) is 0 Å². The van der Waals surface area contributed by atoms with Gasteiger partial charge in [-0.1, -0.05) is 28.9 Å². The first-order chi connectivity index (χ1) is 12.6. The molecule has 2 aliphatic heterocycles. The number of rotatable bonds is 1. The van der Waals surface area contributed by atoms with Crippen LogP contribution in [0, 0.1) is 5.92 Å². The molecule has 2 aromatic rings. The Morgan fingerprint density at radius 2 is 1.88 bits per heavy atom. The maximum Gasteiger partial charge on any atom is 0.236 e. The maximum atomic E-state index is 13.2. The zero-order chi connectivity index (χ0) is 17.9. The van der Waals surface area contributed by atoms with Gasteiger partial charge < -0.3 is 9.74 Å². The second-order valence-electron chi connectivity index (χ2n) is 7.02.